The Labute approximate surface area is 94.1 Å². The third-order valence-electron chi connectivity index (χ3n) is 2.35. The van der Waals surface area contributed by atoms with E-state index in [0.29, 0.717) is 0 Å². The van der Waals surface area contributed by atoms with E-state index in [1.54, 1.807) is 0 Å². The first kappa shape index (κ1) is 10.5. The molecule has 0 atom stereocenters. The first-order valence-corrected chi connectivity index (χ1v) is 5.97. The summed E-state index contributed by atoms with van der Waals surface area (Å²) in [6.07, 6.45) is 8.62. The Morgan fingerprint density at radius 3 is 3.20 bits per heavy atom. The Hall–Kier alpha value is -1.00. The minimum absolute atomic E-state index is 0.840. The van der Waals surface area contributed by atoms with Crippen LogP contribution in [0.25, 0.3) is 6.08 Å². The van der Waals surface area contributed by atoms with E-state index in [1.165, 1.54) is 17.1 Å². The van der Waals surface area contributed by atoms with Crippen LogP contribution < -0.4 is 5.32 Å². The van der Waals surface area contributed by atoms with E-state index in [0.717, 1.165) is 36.8 Å². The van der Waals surface area contributed by atoms with Crippen LogP contribution >= 0.6 is 11.5 Å². The smallest absolute Gasteiger partial charge is 0.165 e. The van der Waals surface area contributed by atoms with Crippen LogP contribution in [0, 0.1) is 6.92 Å². The van der Waals surface area contributed by atoms with Crippen LogP contribution in [0.3, 0.4) is 0 Å². The van der Waals surface area contributed by atoms with Crippen LogP contribution in [0.1, 0.15) is 23.7 Å². The predicted molar refractivity (Wildman–Crippen MR) is 63.9 cm³/mol. The highest BCUT2D eigenvalue weighted by atomic mass is 32.1. The van der Waals surface area contributed by atoms with Crippen molar-refractivity contribution in [1.29, 1.82) is 0 Å². The molecule has 0 aromatic carbocycles. The van der Waals surface area contributed by atoms with Gasteiger partial charge in [-0.1, -0.05) is 17.7 Å². The zero-order valence-electron chi connectivity index (χ0n) is 8.86. The molecule has 0 bridgehead atoms. The molecule has 0 radical (unpaired) electrons. The first-order valence-electron chi connectivity index (χ1n) is 5.20. The highest BCUT2D eigenvalue weighted by Crippen LogP contribution is 2.11. The molecule has 0 saturated heterocycles. The van der Waals surface area contributed by atoms with E-state index >= 15 is 0 Å². The highest BCUT2D eigenvalue weighted by Gasteiger charge is 2.00. The van der Waals surface area contributed by atoms with Crippen molar-refractivity contribution in [2.45, 2.75) is 19.8 Å². The van der Waals surface area contributed by atoms with Crippen LogP contribution in [0.2, 0.25) is 0 Å². The fourth-order valence-electron chi connectivity index (χ4n) is 1.55. The lowest BCUT2D eigenvalue weighted by molar-refractivity contribution is 0.695. The van der Waals surface area contributed by atoms with Gasteiger partial charge in [0.15, 0.2) is 5.82 Å². The van der Waals surface area contributed by atoms with E-state index in [2.05, 4.69) is 26.8 Å². The molecule has 1 aromatic heterocycles. The molecule has 0 spiro atoms. The molecule has 0 amide bonds. The summed E-state index contributed by atoms with van der Waals surface area (Å²) in [5.74, 6) is 0.840. The highest BCUT2D eigenvalue weighted by molar-refractivity contribution is 7.05. The van der Waals surface area contributed by atoms with Gasteiger partial charge in [-0.25, -0.2) is 4.98 Å². The molecule has 3 nitrogen and oxygen atoms in total. The zero-order valence-corrected chi connectivity index (χ0v) is 9.68. The number of aromatic nitrogens is 2. The minimum atomic E-state index is 0.840. The summed E-state index contributed by atoms with van der Waals surface area (Å²) in [5, 5.41) is 4.33. The summed E-state index contributed by atoms with van der Waals surface area (Å²) in [6, 6.07) is 0. The maximum atomic E-state index is 4.28. The van der Waals surface area contributed by atoms with Crippen LogP contribution in [-0.4, -0.2) is 22.4 Å². The summed E-state index contributed by atoms with van der Waals surface area (Å²) >= 11 is 1.45. The zero-order chi connectivity index (χ0) is 10.5. The van der Waals surface area contributed by atoms with Gasteiger partial charge in [-0.3, -0.25) is 0 Å². The van der Waals surface area contributed by atoms with Crippen molar-refractivity contribution in [3.63, 3.8) is 0 Å². The summed E-state index contributed by atoms with van der Waals surface area (Å²) in [6.45, 7) is 4.09. The molecule has 0 saturated carbocycles. The van der Waals surface area contributed by atoms with Gasteiger partial charge in [0, 0.05) is 6.54 Å². The van der Waals surface area contributed by atoms with Crippen molar-refractivity contribution in [2.75, 3.05) is 13.1 Å². The molecule has 1 N–H and O–H groups in total. The Morgan fingerprint density at radius 2 is 2.53 bits per heavy atom. The molecule has 4 heteroatoms. The SMILES string of the molecule is Cc1nc(C=CCC2=CCNCC2)ns1. The molecule has 0 aliphatic carbocycles. The minimum Gasteiger partial charge on any atom is -0.313 e. The van der Waals surface area contributed by atoms with Crippen molar-refractivity contribution in [1.82, 2.24) is 14.7 Å². The standard InChI is InChI=1S/C11H15N3S/c1-9-13-11(14-15-9)4-2-3-10-5-7-12-8-6-10/h2,4-5,12H,3,6-8H2,1H3. The van der Waals surface area contributed by atoms with Gasteiger partial charge in [-0.15, -0.1) is 0 Å². The lowest BCUT2D eigenvalue weighted by Crippen LogP contribution is -2.20. The second kappa shape index (κ2) is 5.19. The molecule has 80 valence electrons. The van der Waals surface area contributed by atoms with E-state index in [4.69, 9.17) is 0 Å². The van der Waals surface area contributed by atoms with Crippen molar-refractivity contribution in [3.8, 4) is 0 Å². The van der Waals surface area contributed by atoms with E-state index in [-0.39, 0.29) is 0 Å². The lowest BCUT2D eigenvalue weighted by Gasteiger charge is -2.11. The molecule has 1 aliphatic heterocycles. The normalized spacial score (nSPS) is 17.0. The number of hydrogen-bond acceptors (Lipinski definition) is 4. The van der Waals surface area contributed by atoms with Gasteiger partial charge in [-0.2, -0.15) is 4.37 Å². The third-order valence-corrected chi connectivity index (χ3v) is 2.98. The molecular weight excluding hydrogens is 206 g/mol. The summed E-state index contributed by atoms with van der Waals surface area (Å²) < 4.78 is 4.21. The van der Waals surface area contributed by atoms with E-state index in [9.17, 15) is 0 Å². The van der Waals surface area contributed by atoms with Crippen molar-refractivity contribution < 1.29 is 0 Å². The van der Waals surface area contributed by atoms with Crippen LogP contribution in [0.5, 0.6) is 0 Å². The predicted octanol–water partition coefficient (Wildman–Crippen LogP) is 2.17. The fraction of sp³-hybridized carbons (Fsp3) is 0.455. The van der Waals surface area contributed by atoms with Gasteiger partial charge in [0.2, 0.25) is 0 Å². The summed E-state index contributed by atoms with van der Waals surface area (Å²) in [4.78, 5) is 4.28. The van der Waals surface area contributed by atoms with Crippen molar-refractivity contribution in [3.05, 3.63) is 28.6 Å². The van der Waals surface area contributed by atoms with Crippen LogP contribution in [-0.2, 0) is 0 Å². The molecular formula is C11H15N3S. The topological polar surface area (TPSA) is 37.8 Å². The quantitative estimate of drug-likeness (QED) is 0.795. The van der Waals surface area contributed by atoms with Gasteiger partial charge >= 0.3 is 0 Å². The monoisotopic (exact) mass is 221 g/mol. The Balaban J connectivity index is 1.87. The number of rotatable bonds is 3. The number of nitrogens with one attached hydrogen (secondary N) is 1. The van der Waals surface area contributed by atoms with Crippen LogP contribution in [0.4, 0.5) is 0 Å². The number of hydrogen-bond donors (Lipinski definition) is 1. The van der Waals surface area contributed by atoms with Crippen molar-refractivity contribution in [2.24, 2.45) is 0 Å². The van der Waals surface area contributed by atoms with Gasteiger partial charge in [0.1, 0.15) is 5.01 Å². The molecule has 2 rings (SSSR count). The van der Waals surface area contributed by atoms with Crippen LogP contribution in [0.15, 0.2) is 17.7 Å². The van der Waals surface area contributed by atoms with E-state index < -0.39 is 0 Å². The number of allylic oxidation sites excluding steroid dienone is 1. The van der Waals surface area contributed by atoms with Gasteiger partial charge < -0.3 is 5.32 Å². The molecule has 0 fully saturated rings. The largest absolute Gasteiger partial charge is 0.313 e. The van der Waals surface area contributed by atoms with Gasteiger partial charge in [0.05, 0.1) is 0 Å². The summed E-state index contributed by atoms with van der Waals surface area (Å²) in [5.41, 5.74) is 1.51. The fourth-order valence-corrected chi connectivity index (χ4v) is 2.02. The molecule has 2 heterocycles. The third kappa shape index (κ3) is 3.25. The number of nitrogens with zero attached hydrogens (tertiary/aromatic N) is 2. The lowest BCUT2D eigenvalue weighted by atomic mass is 10.1. The average Bonchev–Trinajstić information content (AvgIpc) is 2.66. The van der Waals surface area contributed by atoms with Crippen molar-refractivity contribution >= 4 is 17.6 Å². The second-order valence-corrected chi connectivity index (χ2v) is 4.55. The number of aryl methyl sites for hydroxylation is 1. The molecule has 15 heavy (non-hydrogen) atoms. The molecule has 1 aromatic rings. The first-order chi connectivity index (χ1) is 7.34. The van der Waals surface area contributed by atoms with Gasteiger partial charge in [0.25, 0.3) is 0 Å². The Morgan fingerprint density at radius 1 is 1.60 bits per heavy atom. The average molecular weight is 221 g/mol. The van der Waals surface area contributed by atoms with E-state index in [1.807, 2.05) is 13.0 Å². The van der Waals surface area contributed by atoms with Gasteiger partial charge in [-0.05, 0) is 43.9 Å². The second-order valence-electron chi connectivity index (χ2n) is 3.59. The molecule has 0 unspecified atom stereocenters. The molecule has 1 aliphatic rings. The summed E-state index contributed by atoms with van der Waals surface area (Å²) in [7, 11) is 0. The Bertz CT molecular complexity index is 379. The maximum absolute atomic E-state index is 4.28. The maximum Gasteiger partial charge on any atom is 0.165 e. The Kier molecular flexibility index (Phi) is 3.64.